The first-order valence-electron chi connectivity index (χ1n) is 8.91. The fourth-order valence-electron chi connectivity index (χ4n) is 3.25. The van der Waals surface area contributed by atoms with Crippen molar-refractivity contribution in [3.63, 3.8) is 0 Å². The third kappa shape index (κ3) is 3.96. The van der Waals surface area contributed by atoms with Crippen LogP contribution in [0, 0.1) is 0 Å². The summed E-state index contributed by atoms with van der Waals surface area (Å²) >= 11 is 3.06. The van der Waals surface area contributed by atoms with Crippen LogP contribution in [0.25, 0.3) is 0 Å². The van der Waals surface area contributed by atoms with Crippen LogP contribution in [0.1, 0.15) is 57.3 Å². The van der Waals surface area contributed by atoms with E-state index < -0.39 is 0 Å². The Balaban J connectivity index is 1.96. The summed E-state index contributed by atoms with van der Waals surface area (Å²) < 4.78 is 5.28. The number of nitrogens with one attached hydrogen (secondary N) is 1. The SMILES string of the molecule is CCOC(=O)c1c(NC(=O)c2ccccc2SC)sc2c1CCCCC2. The van der Waals surface area contributed by atoms with E-state index in [0.717, 1.165) is 36.1 Å². The molecule has 0 bridgehead atoms. The average molecular weight is 390 g/mol. The van der Waals surface area contributed by atoms with E-state index in [0.29, 0.717) is 22.7 Å². The van der Waals surface area contributed by atoms with Gasteiger partial charge in [-0.3, -0.25) is 4.79 Å². The Labute approximate surface area is 162 Å². The molecule has 1 N–H and O–H groups in total. The number of anilines is 1. The highest BCUT2D eigenvalue weighted by Gasteiger charge is 2.27. The number of aryl methyl sites for hydroxylation is 1. The zero-order valence-corrected chi connectivity index (χ0v) is 16.7. The standard InChI is InChI=1S/C20H23NO3S2/c1-3-24-20(23)17-13-9-5-4-6-12-16(13)26-19(17)21-18(22)14-10-7-8-11-15(14)25-2/h7-8,10-11H,3-6,9,12H2,1-2H3,(H,21,22). The molecule has 0 unspecified atom stereocenters. The van der Waals surface area contributed by atoms with Crippen molar-refractivity contribution in [2.24, 2.45) is 0 Å². The van der Waals surface area contributed by atoms with Crippen LogP contribution in [0.3, 0.4) is 0 Å². The lowest BCUT2D eigenvalue weighted by molar-refractivity contribution is 0.0527. The molecule has 0 atom stereocenters. The first-order valence-corrected chi connectivity index (χ1v) is 11.0. The van der Waals surface area contributed by atoms with Gasteiger partial charge in [0, 0.05) is 9.77 Å². The molecule has 1 aliphatic carbocycles. The number of esters is 1. The summed E-state index contributed by atoms with van der Waals surface area (Å²) in [4.78, 5) is 27.5. The van der Waals surface area contributed by atoms with Gasteiger partial charge in [-0.25, -0.2) is 4.79 Å². The number of thioether (sulfide) groups is 1. The van der Waals surface area contributed by atoms with Crippen molar-refractivity contribution in [1.82, 2.24) is 0 Å². The lowest BCUT2D eigenvalue weighted by atomic mass is 10.1. The van der Waals surface area contributed by atoms with Crippen LogP contribution < -0.4 is 5.32 Å². The number of thiophene rings is 1. The molecule has 0 radical (unpaired) electrons. The summed E-state index contributed by atoms with van der Waals surface area (Å²) in [5.74, 6) is -0.516. The van der Waals surface area contributed by atoms with Crippen LogP contribution >= 0.6 is 23.1 Å². The van der Waals surface area contributed by atoms with Crippen molar-refractivity contribution in [3.8, 4) is 0 Å². The number of amides is 1. The number of hydrogen-bond donors (Lipinski definition) is 1. The number of benzene rings is 1. The minimum absolute atomic E-state index is 0.183. The van der Waals surface area contributed by atoms with Crippen LogP contribution in [0.5, 0.6) is 0 Å². The summed E-state index contributed by atoms with van der Waals surface area (Å²) in [6, 6.07) is 7.50. The smallest absolute Gasteiger partial charge is 0.341 e. The molecule has 2 aromatic rings. The van der Waals surface area contributed by atoms with Gasteiger partial charge in [0.15, 0.2) is 0 Å². The molecule has 0 spiro atoms. The van der Waals surface area contributed by atoms with E-state index in [2.05, 4.69) is 5.32 Å². The normalized spacial score (nSPS) is 13.6. The molecule has 1 heterocycles. The fourth-order valence-corrected chi connectivity index (χ4v) is 5.12. The monoisotopic (exact) mass is 389 g/mol. The Morgan fingerprint density at radius 3 is 2.73 bits per heavy atom. The van der Waals surface area contributed by atoms with Crippen molar-refractivity contribution < 1.29 is 14.3 Å². The van der Waals surface area contributed by atoms with Crippen molar-refractivity contribution in [2.45, 2.75) is 43.9 Å². The zero-order valence-electron chi connectivity index (χ0n) is 15.1. The first-order chi connectivity index (χ1) is 12.7. The van der Waals surface area contributed by atoms with Crippen molar-refractivity contribution in [1.29, 1.82) is 0 Å². The predicted octanol–water partition coefficient (Wildman–Crippen LogP) is 5.17. The minimum atomic E-state index is -0.333. The molecule has 1 aromatic carbocycles. The van der Waals surface area contributed by atoms with Crippen LogP contribution in [0.2, 0.25) is 0 Å². The van der Waals surface area contributed by atoms with Crippen molar-refractivity contribution in [3.05, 3.63) is 45.8 Å². The van der Waals surface area contributed by atoms with E-state index in [4.69, 9.17) is 4.74 Å². The first kappa shape index (κ1) is 19.0. The summed E-state index contributed by atoms with van der Waals surface area (Å²) in [7, 11) is 0. The van der Waals surface area contributed by atoms with Crippen LogP contribution in [0.4, 0.5) is 5.00 Å². The molecule has 1 aliphatic rings. The number of rotatable bonds is 5. The van der Waals surface area contributed by atoms with Gasteiger partial charge >= 0.3 is 5.97 Å². The molecule has 0 fully saturated rings. The molecule has 1 amide bonds. The van der Waals surface area contributed by atoms with E-state index in [1.165, 1.54) is 34.4 Å². The largest absolute Gasteiger partial charge is 0.462 e. The topological polar surface area (TPSA) is 55.4 Å². The highest BCUT2D eigenvalue weighted by atomic mass is 32.2. The summed E-state index contributed by atoms with van der Waals surface area (Å²) in [5.41, 5.74) is 2.25. The maximum Gasteiger partial charge on any atom is 0.341 e. The van der Waals surface area contributed by atoms with Gasteiger partial charge in [0.25, 0.3) is 5.91 Å². The Hall–Kier alpha value is -1.79. The molecule has 138 valence electrons. The predicted molar refractivity (Wildman–Crippen MR) is 108 cm³/mol. The van der Waals surface area contributed by atoms with Crippen LogP contribution in [0.15, 0.2) is 29.2 Å². The van der Waals surface area contributed by atoms with Gasteiger partial charge in [-0.2, -0.15) is 0 Å². The van der Waals surface area contributed by atoms with E-state index in [9.17, 15) is 9.59 Å². The lowest BCUT2D eigenvalue weighted by Crippen LogP contribution is -2.16. The Bertz CT molecular complexity index is 813. The Morgan fingerprint density at radius 1 is 1.19 bits per heavy atom. The quantitative estimate of drug-likeness (QED) is 0.435. The fraction of sp³-hybridized carbons (Fsp3) is 0.400. The summed E-state index contributed by atoms with van der Waals surface area (Å²) in [5, 5.41) is 3.61. The van der Waals surface area contributed by atoms with E-state index in [1.54, 1.807) is 6.92 Å². The van der Waals surface area contributed by atoms with Gasteiger partial charge in [-0.05, 0) is 56.6 Å². The molecule has 6 heteroatoms. The molecular formula is C20H23NO3S2. The highest BCUT2D eigenvalue weighted by molar-refractivity contribution is 7.98. The molecule has 26 heavy (non-hydrogen) atoms. The maximum absolute atomic E-state index is 12.8. The molecule has 3 rings (SSSR count). The number of hydrogen-bond acceptors (Lipinski definition) is 5. The van der Waals surface area contributed by atoms with Gasteiger partial charge in [0.2, 0.25) is 0 Å². The van der Waals surface area contributed by atoms with E-state index in [-0.39, 0.29) is 11.9 Å². The zero-order chi connectivity index (χ0) is 18.5. The second-order valence-electron chi connectivity index (χ2n) is 6.14. The summed E-state index contributed by atoms with van der Waals surface area (Å²) in [6.07, 6.45) is 7.15. The van der Waals surface area contributed by atoms with Crippen molar-refractivity contribution >= 4 is 40.0 Å². The highest BCUT2D eigenvalue weighted by Crippen LogP contribution is 2.38. The van der Waals surface area contributed by atoms with Gasteiger partial charge in [0.05, 0.1) is 17.7 Å². The van der Waals surface area contributed by atoms with Gasteiger partial charge in [-0.15, -0.1) is 23.1 Å². The molecular weight excluding hydrogens is 366 g/mol. The molecule has 0 aliphatic heterocycles. The van der Waals surface area contributed by atoms with Crippen molar-refractivity contribution in [2.75, 3.05) is 18.2 Å². The molecule has 1 aromatic heterocycles. The van der Waals surface area contributed by atoms with Crippen LogP contribution in [-0.2, 0) is 17.6 Å². The van der Waals surface area contributed by atoms with E-state index in [1.807, 2.05) is 30.5 Å². The number of carbonyl (C=O) groups excluding carboxylic acids is 2. The number of carbonyl (C=O) groups is 2. The van der Waals surface area contributed by atoms with Gasteiger partial charge < -0.3 is 10.1 Å². The average Bonchev–Trinajstić information content (AvgIpc) is 2.82. The Morgan fingerprint density at radius 2 is 1.96 bits per heavy atom. The second kappa shape index (κ2) is 8.73. The third-order valence-electron chi connectivity index (χ3n) is 4.48. The van der Waals surface area contributed by atoms with Crippen LogP contribution in [-0.4, -0.2) is 24.7 Å². The summed E-state index contributed by atoms with van der Waals surface area (Å²) in [6.45, 7) is 2.13. The molecule has 0 saturated carbocycles. The van der Waals surface area contributed by atoms with Gasteiger partial charge in [0.1, 0.15) is 5.00 Å². The second-order valence-corrected chi connectivity index (χ2v) is 8.10. The number of ether oxygens (including phenoxy) is 1. The van der Waals surface area contributed by atoms with Gasteiger partial charge in [-0.1, -0.05) is 18.6 Å². The minimum Gasteiger partial charge on any atom is -0.462 e. The lowest BCUT2D eigenvalue weighted by Gasteiger charge is -2.10. The van der Waals surface area contributed by atoms with E-state index >= 15 is 0 Å². The molecule has 4 nitrogen and oxygen atoms in total. The molecule has 0 saturated heterocycles. The maximum atomic E-state index is 12.8. The third-order valence-corrected chi connectivity index (χ3v) is 6.48. The Kier molecular flexibility index (Phi) is 6.38. The number of fused-ring (bicyclic) bond motifs is 1.